The van der Waals surface area contributed by atoms with Crippen LogP contribution in [-0.2, 0) is 11.3 Å². The van der Waals surface area contributed by atoms with E-state index in [0.29, 0.717) is 18.1 Å². The molecule has 2 aliphatic heterocycles. The number of fused-ring (bicyclic) bond motifs is 2. The standard InChI is InChI=1S/C13H21N3O2/c1-3-16-13(11(17-2)7-15-16)12(14)9-6-8-4-5-10(9)18-8/h7-10,12H,3-6,14H2,1-2H3. The third-order valence-electron chi connectivity index (χ3n) is 4.29. The minimum atomic E-state index is -0.0438. The summed E-state index contributed by atoms with van der Waals surface area (Å²) < 4.78 is 13.2. The quantitative estimate of drug-likeness (QED) is 0.880. The van der Waals surface area contributed by atoms with Gasteiger partial charge in [-0.05, 0) is 26.2 Å². The molecule has 0 saturated carbocycles. The fraction of sp³-hybridized carbons (Fsp3) is 0.769. The van der Waals surface area contributed by atoms with Gasteiger partial charge in [-0.2, -0.15) is 5.10 Å². The van der Waals surface area contributed by atoms with Crippen LogP contribution in [0.2, 0.25) is 0 Å². The van der Waals surface area contributed by atoms with Crippen LogP contribution in [0.5, 0.6) is 5.75 Å². The van der Waals surface area contributed by atoms with Crippen molar-refractivity contribution < 1.29 is 9.47 Å². The van der Waals surface area contributed by atoms with Crippen LogP contribution in [0.15, 0.2) is 6.20 Å². The number of hydrogen-bond donors (Lipinski definition) is 1. The molecule has 4 atom stereocenters. The average molecular weight is 251 g/mol. The van der Waals surface area contributed by atoms with Crippen molar-refractivity contribution in [3.63, 3.8) is 0 Å². The van der Waals surface area contributed by atoms with E-state index >= 15 is 0 Å². The van der Waals surface area contributed by atoms with Crippen molar-refractivity contribution in [3.05, 3.63) is 11.9 Å². The third kappa shape index (κ3) is 1.73. The van der Waals surface area contributed by atoms with E-state index in [0.717, 1.165) is 30.8 Å². The van der Waals surface area contributed by atoms with Gasteiger partial charge in [0.2, 0.25) is 0 Å². The Balaban J connectivity index is 1.87. The Morgan fingerprint density at radius 2 is 2.44 bits per heavy atom. The highest BCUT2D eigenvalue weighted by molar-refractivity contribution is 5.29. The summed E-state index contributed by atoms with van der Waals surface area (Å²) in [5.74, 6) is 1.20. The molecular weight excluding hydrogens is 230 g/mol. The normalized spacial score (nSPS) is 31.8. The van der Waals surface area contributed by atoms with Gasteiger partial charge in [0.1, 0.15) is 0 Å². The molecule has 0 spiro atoms. The molecule has 2 saturated heterocycles. The van der Waals surface area contributed by atoms with Crippen LogP contribution in [0.25, 0.3) is 0 Å². The summed E-state index contributed by atoms with van der Waals surface area (Å²) in [6.07, 6.45) is 5.92. The number of methoxy groups -OCH3 is 1. The van der Waals surface area contributed by atoms with Gasteiger partial charge in [0, 0.05) is 12.5 Å². The van der Waals surface area contributed by atoms with Gasteiger partial charge in [-0.1, -0.05) is 0 Å². The van der Waals surface area contributed by atoms with Crippen molar-refractivity contribution in [2.24, 2.45) is 11.7 Å². The minimum Gasteiger partial charge on any atom is -0.493 e. The molecule has 2 fully saturated rings. The lowest BCUT2D eigenvalue weighted by Gasteiger charge is -2.26. The zero-order chi connectivity index (χ0) is 12.7. The molecule has 18 heavy (non-hydrogen) atoms. The van der Waals surface area contributed by atoms with Crippen molar-refractivity contribution >= 4 is 0 Å². The van der Waals surface area contributed by atoms with E-state index < -0.39 is 0 Å². The molecule has 1 aromatic heterocycles. The fourth-order valence-electron chi connectivity index (χ4n) is 3.38. The minimum absolute atomic E-state index is 0.0438. The molecule has 0 aliphatic carbocycles. The molecule has 0 aromatic carbocycles. The Morgan fingerprint density at radius 1 is 1.61 bits per heavy atom. The van der Waals surface area contributed by atoms with Gasteiger partial charge >= 0.3 is 0 Å². The van der Waals surface area contributed by atoms with E-state index in [2.05, 4.69) is 12.0 Å². The lowest BCUT2D eigenvalue weighted by atomic mass is 9.83. The van der Waals surface area contributed by atoms with Crippen molar-refractivity contribution in [2.45, 2.75) is 51.0 Å². The first-order valence-electron chi connectivity index (χ1n) is 6.75. The number of rotatable bonds is 4. The molecule has 5 nitrogen and oxygen atoms in total. The maximum Gasteiger partial charge on any atom is 0.161 e. The molecule has 4 unspecified atom stereocenters. The first-order valence-corrected chi connectivity index (χ1v) is 6.75. The smallest absolute Gasteiger partial charge is 0.161 e. The Bertz CT molecular complexity index is 410. The largest absolute Gasteiger partial charge is 0.493 e. The highest BCUT2D eigenvalue weighted by Crippen LogP contribution is 2.45. The van der Waals surface area contributed by atoms with Gasteiger partial charge < -0.3 is 15.2 Å². The average Bonchev–Trinajstić information content (AvgIpc) is 3.10. The van der Waals surface area contributed by atoms with E-state index in [1.165, 1.54) is 6.42 Å². The molecule has 2 aliphatic rings. The second-order valence-corrected chi connectivity index (χ2v) is 5.21. The third-order valence-corrected chi connectivity index (χ3v) is 4.29. The fourth-order valence-corrected chi connectivity index (χ4v) is 3.38. The van der Waals surface area contributed by atoms with E-state index in [1.54, 1.807) is 13.3 Å². The van der Waals surface area contributed by atoms with Crippen LogP contribution in [0.4, 0.5) is 0 Å². The van der Waals surface area contributed by atoms with Crippen LogP contribution in [0.3, 0.4) is 0 Å². The van der Waals surface area contributed by atoms with Gasteiger partial charge in [-0.15, -0.1) is 0 Å². The number of aryl methyl sites for hydroxylation is 1. The molecule has 1 aromatic rings. The number of nitrogens with zero attached hydrogens (tertiary/aromatic N) is 2. The van der Waals surface area contributed by atoms with Crippen molar-refractivity contribution in [1.29, 1.82) is 0 Å². The highest BCUT2D eigenvalue weighted by atomic mass is 16.5. The van der Waals surface area contributed by atoms with E-state index in [4.69, 9.17) is 15.2 Å². The number of ether oxygens (including phenoxy) is 2. The monoisotopic (exact) mass is 251 g/mol. The number of aromatic nitrogens is 2. The summed E-state index contributed by atoms with van der Waals surface area (Å²) >= 11 is 0. The van der Waals surface area contributed by atoms with Crippen LogP contribution >= 0.6 is 0 Å². The van der Waals surface area contributed by atoms with Crippen LogP contribution in [-0.4, -0.2) is 29.1 Å². The Labute approximate surface area is 107 Å². The lowest BCUT2D eigenvalue weighted by Crippen LogP contribution is -2.31. The molecule has 0 amide bonds. The van der Waals surface area contributed by atoms with Gasteiger partial charge in [0.05, 0.1) is 37.3 Å². The molecule has 5 heteroatoms. The van der Waals surface area contributed by atoms with Crippen LogP contribution in [0.1, 0.15) is 37.9 Å². The predicted molar refractivity (Wildman–Crippen MR) is 67.4 cm³/mol. The van der Waals surface area contributed by atoms with Gasteiger partial charge in [0.25, 0.3) is 0 Å². The number of nitrogens with two attached hydrogens (primary N) is 1. The highest BCUT2D eigenvalue weighted by Gasteiger charge is 2.45. The maximum absolute atomic E-state index is 6.46. The molecular formula is C13H21N3O2. The summed E-state index contributed by atoms with van der Waals surface area (Å²) in [5, 5.41) is 4.33. The number of hydrogen-bond acceptors (Lipinski definition) is 4. The molecule has 3 heterocycles. The summed E-state index contributed by atoms with van der Waals surface area (Å²) in [7, 11) is 1.67. The summed E-state index contributed by atoms with van der Waals surface area (Å²) in [4.78, 5) is 0. The summed E-state index contributed by atoms with van der Waals surface area (Å²) in [6, 6.07) is -0.0438. The zero-order valence-corrected chi connectivity index (χ0v) is 11.0. The SMILES string of the molecule is CCn1ncc(OC)c1C(N)C1CC2CCC1O2. The van der Waals surface area contributed by atoms with Gasteiger partial charge in [0.15, 0.2) is 5.75 Å². The van der Waals surface area contributed by atoms with Crippen LogP contribution < -0.4 is 10.5 Å². The maximum atomic E-state index is 6.46. The second-order valence-electron chi connectivity index (χ2n) is 5.21. The zero-order valence-electron chi connectivity index (χ0n) is 11.0. The van der Waals surface area contributed by atoms with Crippen LogP contribution in [0, 0.1) is 5.92 Å². The summed E-state index contributed by atoms with van der Waals surface area (Å²) in [5.41, 5.74) is 7.48. The topological polar surface area (TPSA) is 62.3 Å². The van der Waals surface area contributed by atoms with Gasteiger partial charge in [-0.3, -0.25) is 4.68 Å². The lowest BCUT2D eigenvalue weighted by molar-refractivity contribution is 0.0877. The molecule has 100 valence electrons. The second kappa shape index (κ2) is 4.55. The Kier molecular flexibility index (Phi) is 3.03. The Hall–Kier alpha value is -1.07. The predicted octanol–water partition coefficient (Wildman–Crippen LogP) is 1.48. The van der Waals surface area contributed by atoms with Gasteiger partial charge in [-0.25, -0.2) is 0 Å². The molecule has 2 N–H and O–H groups in total. The molecule has 0 radical (unpaired) electrons. The van der Waals surface area contributed by atoms with Crippen molar-refractivity contribution in [2.75, 3.05) is 7.11 Å². The van der Waals surface area contributed by atoms with E-state index in [1.807, 2.05) is 4.68 Å². The van der Waals surface area contributed by atoms with Crippen molar-refractivity contribution in [3.8, 4) is 5.75 Å². The van der Waals surface area contributed by atoms with E-state index in [-0.39, 0.29) is 6.04 Å². The summed E-state index contributed by atoms with van der Waals surface area (Å²) in [6.45, 7) is 2.88. The molecule has 2 bridgehead atoms. The van der Waals surface area contributed by atoms with E-state index in [9.17, 15) is 0 Å². The Morgan fingerprint density at radius 3 is 3.00 bits per heavy atom. The van der Waals surface area contributed by atoms with Crippen molar-refractivity contribution in [1.82, 2.24) is 9.78 Å². The first kappa shape index (κ1) is 12.0. The first-order chi connectivity index (χ1) is 8.74. The molecule has 3 rings (SSSR count).